The highest BCUT2D eigenvalue weighted by Crippen LogP contribution is 2.19. The maximum absolute atomic E-state index is 11.6. The second-order valence-corrected chi connectivity index (χ2v) is 3.66. The Morgan fingerprint density at radius 1 is 1.38 bits per heavy atom. The van der Waals surface area contributed by atoms with E-state index in [2.05, 4.69) is 0 Å². The van der Waals surface area contributed by atoms with Crippen LogP contribution in [0.15, 0.2) is 30.3 Å². The molecular weight excluding hydrogens is 206 g/mol. The Labute approximate surface area is 95.4 Å². The van der Waals surface area contributed by atoms with Crippen molar-refractivity contribution in [2.75, 3.05) is 14.2 Å². The summed E-state index contributed by atoms with van der Waals surface area (Å²) in [5.74, 6) is -0.704. The molecule has 1 aromatic carbocycles. The first-order valence-corrected chi connectivity index (χ1v) is 5.12. The maximum Gasteiger partial charge on any atom is 0.275 e. The van der Waals surface area contributed by atoms with Crippen LogP contribution < -0.4 is 0 Å². The predicted molar refractivity (Wildman–Crippen MR) is 60.6 cm³/mol. The van der Waals surface area contributed by atoms with Crippen molar-refractivity contribution in [1.29, 1.82) is 0 Å². The van der Waals surface area contributed by atoms with Gasteiger partial charge in [0, 0.05) is 13.0 Å². The Kier molecular flexibility index (Phi) is 4.46. The normalized spacial score (nSPS) is 14.2. The van der Waals surface area contributed by atoms with Gasteiger partial charge in [0.15, 0.2) is 0 Å². The first kappa shape index (κ1) is 12.7. The maximum atomic E-state index is 11.6. The Hall–Kier alpha value is -1.39. The van der Waals surface area contributed by atoms with Gasteiger partial charge < -0.3 is 5.11 Å². The zero-order valence-electron chi connectivity index (χ0n) is 9.75. The first-order valence-electron chi connectivity index (χ1n) is 5.12. The van der Waals surface area contributed by atoms with Crippen LogP contribution in [0.25, 0.3) is 0 Å². The molecule has 0 saturated carbocycles. The topological polar surface area (TPSA) is 49.8 Å². The number of carbonyl (C=O) groups excluding carboxylic acids is 1. The van der Waals surface area contributed by atoms with Crippen molar-refractivity contribution in [2.45, 2.75) is 18.9 Å². The highest BCUT2D eigenvalue weighted by molar-refractivity contribution is 5.80. The van der Waals surface area contributed by atoms with Crippen LogP contribution in [-0.4, -0.2) is 36.3 Å². The SMILES string of the molecule is CON(C)C(=O)C(O)C(C)c1ccccc1. The van der Waals surface area contributed by atoms with Gasteiger partial charge in [-0.05, 0) is 5.56 Å². The lowest BCUT2D eigenvalue weighted by Gasteiger charge is -2.22. The van der Waals surface area contributed by atoms with E-state index in [1.165, 1.54) is 14.2 Å². The van der Waals surface area contributed by atoms with Crippen molar-refractivity contribution in [3.63, 3.8) is 0 Å². The molecule has 0 aliphatic heterocycles. The molecule has 0 radical (unpaired) electrons. The Bertz CT molecular complexity index is 339. The molecule has 0 aliphatic rings. The molecule has 88 valence electrons. The molecule has 2 atom stereocenters. The number of benzene rings is 1. The van der Waals surface area contributed by atoms with Gasteiger partial charge in [-0.3, -0.25) is 9.63 Å². The van der Waals surface area contributed by atoms with Crippen LogP contribution in [0.2, 0.25) is 0 Å². The van der Waals surface area contributed by atoms with Crippen molar-refractivity contribution >= 4 is 5.91 Å². The lowest BCUT2D eigenvalue weighted by atomic mass is 9.95. The second kappa shape index (κ2) is 5.63. The Balaban J connectivity index is 2.75. The molecule has 0 heterocycles. The molecule has 0 bridgehead atoms. The van der Waals surface area contributed by atoms with Crippen molar-refractivity contribution in [3.8, 4) is 0 Å². The van der Waals surface area contributed by atoms with E-state index >= 15 is 0 Å². The highest BCUT2D eigenvalue weighted by atomic mass is 16.7. The number of carbonyl (C=O) groups is 1. The zero-order valence-corrected chi connectivity index (χ0v) is 9.75. The number of aliphatic hydroxyl groups excluding tert-OH is 1. The van der Waals surface area contributed by atoms with Gasteiger partial charge in [-0.15, -0.1) is 0 Å². The minimum Gasteiger partial charge on any atom is -0.383 e. The van der Waals surface area contributed by atoms with Gasteiger partial charge in [-0.2, -0.15) is 0 Å². The Morgan fingerprint density at radius 2 is 1.94 bits per heavy atom. The number of rotatable bonds is 4. The molecule has 1 N–H and O–H groups in total. The van der Waals surface area contributed by atoms with Gasteiger partial charge in [0.2, 0.25) is 0 Å². The number of amides is 1. The fourth-order valence-corrected chi connectivity index (χ4v) is 1.43. The molecule has 0 spiro atoms. The summed E-state index contributed by atoms with van der Waals surface area (Å²) in [6.45, 7) is 1.81. The number of aliphatic hydroxyl groups is 1. The molecule has 4 heteroatoms. The van der Waals surface area contributed by atoms with Gasteiger partial charge in [0.25, 0.3) is 5.91 Å². The summed E-state index contributed by atoms with van der Waals surface area (Å²) in [7, 11) is 2.86. The average molecular weight is 223 g/mol. The van der Waals surface area contributed by atoms with E-state index in [1.54, 1.807) is 6.92 Å². The zero-order chi connectivity index (χ0) is 12.1. The second-order valence-electron chi connectivity index (χ2n) is 3.66. The molecule has 0 aromatic heterocycles. The third-order valence-electron chi connectivity index (χ3n) is 2.64. The number of likely N-dealkylation sites (N-methyl/N-ethyl adjacent to an activating group) is 1. The quantitative estimate of drug-likeness (QED) is 0.779. The molecule has 0 saturated heterocycles. The summed E-state index contributed by atoms with van der Waals surface area (Å²) in [5, 5.41) is 10.9. The van der Waals surface area contributed by atoms with E-state index in [9.17, 15) is 9.90 Å². The summed E-state index contributed by atoms with van der Waals surface area (Å²) >= 11 is 0. The third-order valence-corrected chi connectivity index (χ3v) is 2.64. The van der Waals surface area contributed by atoms with Gasteiger partial charge in [-0.1, -0.05) is 37.3 Å². The highest BCUT2D eigenvalue weighted by Gasteiger charge is 2.26. The van der Waals surface area contributed by atoms with Crippen molar-refractivity contribution in [1.82, 2.24) is 5.06 Å². The predicted octanol–water partition coefficient (Wildman–Crippen LogP) is 1.17. The molecule has 1 amide bonds. The van der Waals surface area contributed by atoms with Gasteiger partial charge in [-0.25, -0.2) is 5.06 Å². The van der Waals surface area contributed by atoms with Crippen LogP contribution in [0.3, 0.4) is 0 Å². The minimum absolute atomic E-state index is 0.258. The van der Waals surface area contributed by atoms with Crippen molar-refractivity contribution in [3.05, 3.63) is 35.9 Å². The molecule has 1 rings (SSSR count). The van der Waals surface area contributed by atoms with Gasteiger partial charge in [0.05, 0.1) is 7.11 Å². The standard InChI is InChI=1S/C12H17NO3/c1-9(10-7-5-4-6-8-10)11(14)12(15)13(2)16-3/h4-9,11,14H,1-3H3. The van der Waals surface area contributed by atoms with E-state index < -0.39 is 12.0 Å². The summed E-state index contributed by atoms with van der Waals surface area (Å²) in [6, 6.07) is 9.42. The Morgan fingerprint density at radius 3 is 2.44 bits per heavy atom. The summed E-state index contributed by atoms with van der Waals surface area (Å²) in [5.41, 5.74) is 0.924. The van der Waals surface area contributed by atoms with Crippen LogP contribution >= 0.6 is 0 Å². The van der Waals surface area contributed by atoms with Crippen molar-refractivity contribution < 1.29 is 14.7 Å². The summed E-state index contributed by atoms with van der Waals surface area (Å²) < 4.78 is 0. The molecule has 0 aliphatic carbocycles. The molecule has 1 aromatic rings. The van der Waals surface area contributed by atoms with Crippen molar-refractivity contribution in [2.24, 2.45) is 0 Å². The van der Waals surface area contributed by atoms with E-state index in [-0.39, 0.29) is 5.92 Å². The number of hydroxylamine groups is 2. The molecule has 4 nitrogen and oxygen atoms in total. The lowest BCUT2D eigenvalue weighted by molar-refractivity contribution is -0.178. The third kappa shape index (κ3) is 2.81. The van der Waals surface area contributed by atoms with Crippen LogP contribution in [0.4, 0.5) is 0 Å². The minimum atomic E-state index is -1.09. The molecular formula is C12H17NO3. The monoisotopic (exact) mass is 223 g/mol. The average Bonchev–Trinajstić information content (AvgIpc) is 2.36. The number of nitrogens with zero attached hydrogens (tertiary/aromatic N) is 1. The van der Waals surface area contributed by atoms with E-state index in [1.807, 2.05) is 30.3 Å². The fourth-order valence-electron chi connectivity index (χ4n) is 1.43. The number of hydrogen-bond acceptors (Lipinski definition) is 3. The van der Waals surface area contributed by atoms with Crippen LogP contribution in [0, 0.1) is 0 Å². The summed E-state index contributed by atoms with van der Waals surface area (Å²) in [6.07, 6.45) is -1.09. The van der Waals surface area contributed by atoms with E-state index in [4.69, 9.17) is 4.84 Å². The largest absolute Gasteiger partial charge is 0.383 e. The van der Waals surface area contributed by atoms with E-state index in [0.717, 1.165) is 10.6 Å². The lowest BCUT2D eigenvalue weighted by Crippen LogP contribution is -2.38. The first-order chi connectivity index (χ1) is 7.57. The van der Waals surface area contributed by atoms with Gasteiger partial charge >= 0.3 is 0 Å². The van der Waals surface area contributed by atoms with Crippen LogP contribution in [0.5, 0.6) is 0 Å². The van der Waals surface area contributed by atoms with E-state index in [0.29, 0.717) is 0 Å². The molecule has 2 unspecified atom stereocenters. The van der Waals surface area contributed by atoms with Crippen LogP contribution in [0.1, 0.15) is 18.4 Å². The number of hydrogen-bond donors (Lipinski definition) is 1. The van der Waals surface area contributed by atoms with Crippen LogP contribution in [-0.2, 0) is 9.63 Å². The van der Waals surface area contributed by atoms with Gasteiger partial charge in [0.1, 0.15) is 6.10 Å². The molecule has 0 fully saturated rings. The fraction of sp³-hybridized carbons (Fsp3) is 0.417. The summed E-state index contributed by atoms with van der Waals surface area (Å²) in [4.78, 5) is 16.4. The smallest absolute Gasteiger partial charge is 0.275 e. The molecule has 16 heavy (non-hydrogen) atoms.